The van der Waals surface area contributed by atoms with Gasteiger partial charge in [0.25, 0.3) is 0 Å². The molecule has 0 spiro atoms. The number of carbonyl (C=O) groups excluding carboxylic acids is 1. The summed E-state index contributed by atoms with van der Waals surface area (Å²) in [6, 6.07) is 3.72. The zero-order valence-electron chi connectivity index (χ0n) is 8.43. The molecule has 1 atom stereocenters. The minimum atomic E-state index is -0.000602. The molecule has 1 aliphatic rings. The molecule has 2 heterocycles. The van der Waals surface area contributed by atoms with Gasteiger partial charge in [-0.15, -0.1) is 0 Å². The van der Waals surface area contributed by atoms with E-state index in [1.54, 1.807) is 29.4 Å². The van der Waals surface area contributed by atoms with Gasteiger partial charge >= 0.3 is 0 Å². The lowest BCUT2D eigenvalue weighted by Gasteiger charge is -2.12. The van der Waals surface area contributed by atoms with Crippen molar-refractivity contribution in [1.29, 1.82) is 0 Å². The predicted octanol–water partition coefficient (Wildman–Crippen LogP) is 0.852. The molecule has 2 N–H and O–H groups in total. The quantitative estimate of drug-likeness (QED) is 0.730. The molecule has 0 aliphatic carbocycles. The van der Waals surface area contributed by atoms with Crippen molar-refractivity contribution in [2.75, 3.05) is 13.1 Å². The summed E-state index contributed by atoms with van der Waals surface area (Å²) < 4.78 is 5.09. The number of hydrogen-bond acceptors (Lipinski definition) is 3. The van der Waals surface area contributed by atoms with Crippen LogP contribution in [0.2, 0.25) is 0 Å². The van der Waals surface area contributed by atoms with Crippen molar-refractivity contribution in [3.8, 4) is 0 Å². The van der Waals surface area contributed by atoms with E-state index in [4.69, 9.17) is 10.2 Å². The van der Waals surface area contributed by atoms with Gasteiger partial charge in [-0.05, 0) is 24.6 Å². The summed E-state index contributed by atoms with van der Waals surface area (Å²) in [4.78, 5) is 13.4. The summed E-state index contributed by atoms with van der Waals surface area (Å²) in [5, 5.41) is 0. The number of amides is 1. The molecular weight excluding hydrogens is 192 g/mol. The van der Waals surface area contributed by atoms with Gasteiger partial charge in [-0.1, -0.05) is 0 Å². The Kier molecular flexibility index (Phi) is 2.87. The predicted molar refractivity (Wildman–Crippen MR) is 56.9 cm³/mol. The third kappa shape index (κ3) is 2.47. The Hall–Kier alpha value is -1.55. The third-order valence-electron chi connectivity index (χ3n) is 2.47. The number of likely N-dealkylation sites (tertiary alicyclic amines) is 1. The van der Waals surface area contributed by atoms with E-state index in [9.17, 15) is 4.79 Å². The summed E-state index contributed by atoms with van der Waals surface area (Å²) in [6.45, 7) is 1.41. The molecule has 1 aliphatic heterocycles. The van der Waals surface area contributed by atoms with Crippen LogP contribution in [0.4, 0.5) is 0 Å². The van der Waals surface area contributed by atoms with Crippen molar-refractivity contribution < 1.29 is 9.21 Å². The third-order valence-corrected chi connectivity index (χ3v) is 2.47. The van der Waals surface area contributed by atoms with Crippen molar-refractivity contribution in [3.63, 3.8) is 0 Å². The molecule has 1 aromatic heterocycles. The molecule has 80 valence electrons. The van der Waals surface area contributed by atoms with Crippen LogP contribution in [0.25, 0.3) is 6.08 Å². The van der Waals surface area contributed by atoms with Crippen LogP contribution in [0.3, 0.4) is 0 Å². The highest BCUT2D eigenvalue weighted by molar-refractivity contribution is 5.91. The first-order valence-electron chi connectivity index (χ1n) is 5.02. The Morgan fingerprint density at radius 3 is 3.13 bits per heavy atom. The average molecular weight is 206 g/mol. The van der Waals surface area contributed by atoms with Crippen molar-refractivity contribution in [1.82, 2.24) is 4.90 Å². The van der Waals surface area contributed by atoms with Crippen LogP contribution in [-0.4, -0.2) is 29.9 Å². The minimum absolute atomic E-state index is 0.000602. The normalized spacial score (nSPS) is 21.4. The van der Waals surface area contributed by atoms with Crippen LogP contribution in [0, 0.1) is 0 Å². The zero-order chi connectivity index (χ0) is 10.7. The van der Waals surface area contributed by atoms with Crippen LogP contribution in [0.1, 0.15) is 12.2 Å². The lowest BCUT2D eigenvalue weighted by atomic mass is 10.3. The molecule has 1 unspecified atom stereocenters. The monoisotopic (exact) mass is 206 g/mol. The van der Waals surface area contributed by atoms with Crippen molar-refractivity contribution in [3.05, 3.63) is 30.2 Å². The van der Waals surface area contributed by atoms with E-state index in [2.05, 4.69) is 0 Å². The van der Waals surface area contributed by atoms with Gasteiger partial charge in [0.05, 0.1) is 6.26 Å². The largest absolute Gasteiger partial charge is 0.465 e. The molecule has 0 aromatic carbocycles. The number of rotatable bonds is 2. The van der Waals surface area contributed by atoms with Crippen molar-refractivity contribution >= 4 is 12.0 Å². The molecular formula is C11H14N2O2. The molecule has 4 heteroatoms. The summed E-state index contributed by atoms with van der Waals surface area (Å²) in [5.41, 5.74) is 5.72. The molecule has 0 bridgehead atoms. The molecule has 1 fully saturated rings. The van der Waals surface area contributed by atoms with Gasteiger partial charge in [0.2, 0.25) is 5.91 Å². The van der Waals surface area contributed by atoms with Gasteiger partial charge < -0.3 is 15.1 Å². The van der Waals surface area contributed by atoms with Gasteiger partial charge in [0.15, 0.2) is 0 Å². The van der Waals surface area contributed by atoms with E-state index >= 15 is 0 Å². The Morgan fingerprint density at radius 2 is 2.53 bits per heavy atom. The second-order valence-electron chi connectivity index (χ2n) is 3.68. The first kappa shape index (κ1) is 9.98. The molecule has 2 rings (SSSR count). The number of furan rings is 1. The Labute approximate surface area is 88.3 Å². The molecule has 0 radical (unpaired) electrons. The fourth-order valence-electron chi connectivity index (χ4n) is 1.63. The van der Waals surface area contributed by atoms with E-state index in [-0.39, 0.29) is 11.9 Å². The van der Waals surface area contributed by atoms with E-state index in [1.165, 1.54) is 6.08 Å². The second kappa shape index (κ2) is 4.31. The average Bonchev–Trinajstić information content (AvgIpc) is 2.84. The van der Waals surface area contributed by atoms with Gasteiger partial charge in [-0.2, -0.15) is 0 Å². The highest BCUT2D eigenvalue weighted by Crippen LogP contribution is 2.09. The lowest BCUT2D eigenvalue weighted by molar-refractivity contribution is -0.124. The number of nitrogens with two attached hydrogens (primary N) is 1. The smallest absolute Gasteiger partial charge is 0.246 e. The summed E-state index contributed by atoms with van der Waals surface area (Å²) in [6.07, 6.45) is 5.67. The van der Waals surface area contributed by atoms with Gasteiger partial charge in [0.1, 0.15) is 5.76 Å². The summed E-state index contributed by atoms with van der Waals surface area (Å²) >= 11 is 0. The first-order valence-corrected chi connectivity index (χ1v) is 5.02. The summed E-state index contributed by atoms with van der Waals surface area (Å²) in [5.74, 6) is 0.686. The topological polar surface area (TPSA) is 59.5 Å². The van der Waals surface area contributed by atoms with Gasteiger partial charge in [0, 0.05) is 25.2 Å². The van der Waals surface area contributed by atoms with Crippen molar-refractivity contribution in [2.24, 2.45) is 5.73 Å². The number of nitrogens with zero attached hydrogens (tertiary/aromatic N) is 1. The van der Waals surface area contributed by atoms with E-state index in [0.717, 1.165) is 13.0 Å². The standard InChI is InChI=1S/C11H14N2O2/c12-9-5-6-13(8-9)11(14)4-3-10-2-1-7-15-10/h1-4,7,9H,5-6,8,12H2/b4-3+. The fourth-order valence-corrected chi connectivity index (χ4v) is 1.63. The fraction of sp³-hybridized carbons (Fsp3) is 0.364. The maximum Gasteiger partial charge on any atom is 0.246 e. The minimum Gasteiger partial charge on any atom is -0.465 e. The second-order valence-corrected chi connectivity index (χ2v) is 3.68. The van der Waals surface area contributed by atoms with E-state index in [0.29, 0.717) is 12.3 Å². The highest BCUT2D eigenvalue weighted by atomic mass is 16.3. The van der Waals surface area contributed by atoms with E-state index in [1.807, 2.05) is 0 Å². The molecule has 1 aromatic rings. The SMILES string of the molecule is NC1CCN(C(=O)/C=C/c2ccco2)C1. The molecule has 1 saturated heterocycles. The molecule has 0 saturated carbocycles. The highest BCUT2D eigenvalue weighted by Gasteiger charge is 2.21. The Morgan fingerprint density at radius 1 is 1.67 bits per heavy atom. The van der Waals surface area contributed by atoms with Gasteiger partial charge in [-0.3, -0.25) is 4.79 Å². The van der Waals surface area contributed by atoms with Crippen LogP contribution in [0.15, 0.2) is 28.9 Å². The number of hydrogen-bond donors (Lipinski definition) is 1. The number of carbonyl (C=O) groups is 1. The van der Waals surface area contributed by atoms with E-state index < -0.39 is 0 Å². The molecule has 1 amide bonds. The maximum atomic E-state index is 11.6. The van der Waals surface area contributed by atoms with Gasteiger partial charge in [-0.25, -0.2) is 0 Å². The maximum absolute atomic E-state index is 11.6. The van der Waals surface area contributed by atoms with Crippen LogP contribution in [-0.2, 0) is 4.79 Å². The van der Waals surface area contributed by atoms with Crippen LogP contribution >= 0.6 is 0 Å². The Balaban J connectivity index is 1.92. The molecule has 15 heavy (non-hydrogen) atoms. The lowest BCUT2D eigenvalue weighted by Crippen LogP contribution is -2.30. The summed E-state index contributed by atoms with van der Waals surface area (Å²) in [7, 11) is 0. The molecule has 4 nitrogen and oxygen atoms in total. The van der Waals surface area contributed by atoms with Crippen molar-refractivity contribution in [2.45, 2.75) is 12.5 Å². The van der Waals surface area contributed by atoms with Crippen LogP contribution < -0.4 is 5.73 Å². The zero-order valence-corrected chi connectivity index (χ0v) is 8.43. The first-order chi connectivity index (χ1) is 7.25. The van der Waals surface area contributed by atoms with Crippen LogP contribution in [0.5, 0.6) is 0 Å². The Bertz CT molecular complexity index is 357.